The highest BCUT2D eigenvalue weighted by molar-refractivity contribution is 5.37. The zero-order chi connectivity index (χ0) is 14.3. The molecule has 0 fully saturated rings. The van der Waals surface area contributed by atoms with Gasteiger partial charge in [-0.25, -0.2) is 0 Å². The molecule has 0 aliphatic heterocycles. The summed E-state index contributed by atoms with van der Waals surface area (Å²) in [6.07, 6.45) is 4.72. The SMILES string of the molecule is CCCCN(CCCC)C(C)c1cc(O)cc(O)c1. The number of phenolic OH excluding ortho intramolecular Hbond substituents is 2. The lowest BCUT2D eigenvalue weighted by Crippen LogP contribution is -2.29. The third-order valence-electron chi connectivity index (χ3n) is 3.55. The number of benzene rings is 1. The van der Waals surface area contributed by atoms with Crippen molar-refractivity contribution in [2.75, 3.05) is 13.1 Å². The summed E-state index contributed by atoms with van der Waals surface area (Å²) >= 11 is 0. The minimum absolute atomic E-state index is 0.132. The van der Waals surface area contributed by atoms with Crippen molar-refractivity contribution in [3.8, 4) is 11.5 Å². The van der Waals surface area contributed by atoms with Crippen LogP contribution in [0.5, 0.6) is 11.5 Å². The molecule has 108 valence electrons. The van der Waals surface area contributed by atoms with Gasteiger partial charge in [0.15, 0.2) is 0 Å². The first kappa shape index (κ1) is 15.8. The Kier molecular flexibility index (Phi) is 6.71. The first-order chi connectivity index (χ1) is 9.08. The van der Waals surface area contributed by atoms with Crippen molar-refractivity contribution < 1.29 is 10.2 Å². The van der Waals surface area contributed by atoms with Gasteiger partial charge in [0.1, 0.15) is 11.5 Å². The Morgan fingerprint density at radius 2 is 1.42 bits per heavy atom. The molecule has 1 aromatic carbocycles. The molecule has 1 unspecified atom stereocenters. The lowest BCUT2D eigenvalue weighted by Gasteiger charge is -2.29. The van der Waals surface area contributed by atoms with Crippen molar-refractivity contribution in [1.82, 2.24) is 4.90 Å². The molecular weight excluding hydrogens is 238 g/mol. The van der Waals surface area contributed by atoms with E-state index in [0.717, 1.165) is 18.7 Å². The highest BCUT2D eigenvalue weighted by Crippen LogP contribution is 2.28. The number of phenols is 2. The summed E-state index contributed by atoms with van der Waals surface area (Å²) in [5, 5.41) is 19.2. The third kappa shape index (κ3) is 5.11. The van der Waals surface area contributed by atoms with Gasteiger partial charge in [-0.15, -0.1) is 0 Å². The van der Waals surface area contributed by atoms with Gasteiger partial charge in [0.25, 0.3) is 0 Å². The smallest absolute Gasteiger partial charge is 0.119 e. The summed E-state index contributed by atoms with van der Waals surface area (Å²) in [6.45, 7) is 8.66. The fourth-order valence-electron chi connectivity index (χ4n) is 2.29. The summed E-state index contributed by atoms with van der Waals surface area (Å²) in [5.41, 5.74) is 0.977. The fraction of sp³-hybridized carbons (Fsp3) is 0.625. The lowest BCUT2D eigenvalue weighted by molar-refractivity contribution is 0.203. The minimum atomic E-state index is 0.132. The highest BCUT2D eigenvalue weighted by atomic mass is 16.3. The third-order valence-corrected chi connectivity index (χ3v) is 3.55. The van der Waals surface area contributed by atoms with Gasteiger partial charge in [0, 0.05) is 12.1 Å². The van der Waals surface area contributed by atoms with E-state index in [4.69, 9.17) is 0 Å². The van der Waals surface area contributed by atoms with E-state index in [1.807, 2.05) is 0 Å². The van der Waals surface area contributed by atoms with Gasteiger partial charge >= 0.3 is 0 Å². The maximum absolute atomic E-state index is 9.60. The Hall–Kier alpha value is -1.22. The maximum Gasteiger partial charge on any atom is 0.119 e. The van der Waals surface area contributed by atoms with E-state index in [2.05, 4.69) is 25.7 Å². The molecule has 0 aliphatic carbocycles. The van der Waals surface area contributed by atoms with E-state index in [1.54, 1.807) is 12.1 Å². The molecule has 0 aromatic heterocycles. The Bertz CT molecular complexity index is 351. The summed E-state index contributed by atoms with van der Waals surface area (Å²) in [6, 6.07) is 5.08. The van der Waals surface area contributed by atoms with Crippen molar-refractivity contribution in [1.29, 1.82) is 0 Å². The number of nitrogens with zero attached hydrogens (tertiary/aromatic N) is 1. The molecule has 0 amide bonds. The second-order valence-corrected chi connectivity index (χ2v) is 5.20. The average molecular weight is 265 g/mol. The number of hydrogen-bond acceptors (Lipinski definition) is 3. The average Bonchev–Trinajstić information content (AvgIpc) is 2.37. The molecule has 2 N–H and O–H groups in total. The largest absolute Gasteiger partial charge is 0.508 e. The van der Waals surface area contributed by atoms with E-state index >= 15 is 0 Å². The van der Waals surface area contributed by atoms with Crippen LogP contribution in [0.1, 0.15) is 58.1 Å². The normalized spacial score (nSPS) is 12.8. The fourth-order valence-corrected chi connectivity index (χ4v) is 2.29. The number of unbranched alkanes of at least 4 members (excludes halogenated alkanes) is 2. The van der Waals surface area contributed by atoms with Gasteiger partial charge in [0.2, 0.25) is 0 Å². The molecule has 1 rings (SSSR count). The summed E-state index contributed by atoms with van der Waals surface area (Å²) in [4.78, 5) is 2.43. The van der Waals surface area contributed by atoms with Crippen LogP contribution in [0, 0.1) is 0 Å². The molecule has 0 bridgehead atoms. The van der Waals surface area contributed by atoms with Gasteiger partial charge in [-0.3, -0.25) is 4.90 Å². The Labute approximate surface area is 116 Å². The summed E-state index contributed by atoms with van der Waals surface area (Å²) in [7, 11) is 0. The van der Waals surface area contributed by atoms with Gasteiger partial charge in [-0.2, -0.15) is 0 Å². The molecular formula is C16H27NO2. The molecule has 0 aliphatic rings. The Morgan fingerprint density at radius 1 is 0.947 bits per heavy atom. The highest BCUT2D eigenvalue weighted by Gasteiger charge is 2.16. The zero-order valence-electron chi connectivity index (χ0n) is 12.4. The number of aromatic hydroxyl groups is 2. The van der Waals surface area contributed by atoms with Crippen molar-refractivity contribution in [2.45, 2.75) is 52.5 Å². The van der Waals surface area contributed by atoms with Crippen molar-refractivity contribution in [2.24, 2.45) is 0 Å². The first-order valence-corrected chi connectivity index (χ1v) is 7.35. The number of rotatable bonds is 8. The van der Waals surface area contributed by atoms with Crippen molar-refractivity contribution in [3.05, 3.63) is 23.8 Å². The summed E-state index contributed by atoms with van der Waals surface area (Å²) in [5.74, 6) is 0.264. The van der Waals surface area contributed by atoms with Crippen LogP contribution in [-0.2, 0) is 0 Å². The molecule has 0 saturated heterocycles. The molecule has 3 heteroatoms. The standard InChI is InChI=1S/C16H27NO2/c1-4-6-8-17(9-7-5-2)13(3)14-10-15(18)12-16(19)11-14/h10-13,18-19H,4-9H2,1-3H3. The molecule has 0 heterocycles. The van der Waals surface area contributed by atoms with Crippen LogP contribution in [0.3, 0.4) is 0 Å². The quantitative estimate of drug-likeness (QED) is 0.745. The van der Waals surface area contributed by atoms with Gasteiger partial charge in [0.05, 0.1) is 0 Å². The van der Waals surface area contributed by atoms with Crippen molar-refractivity contribution >= 4 is 0 Å². The number of hydrogen-bond donors (Lipinski definition) is 2. The molecule has 1 aromatic rings. The van der Waals surface area contributed by atoms with Crippen LogP contribution in [0.4, 0.5) is 0 Å². The molecule has 0 spiro atoms. The lowest BCUT2D eigenvalue weighted by atomic mass is 10.0. The molecule has 19 heavy (non-hydrogen) atoms. The van der Waals surface area contributed by atoms with E-state index in [0.29, 0.717) is 0 Å². The minimum Gasteiger partial charge on any atom is -0.508 e. The molecule has 0 saturated carbocycles. The van der Waals surface area contributed by atoms with E-state index in [1.165, 1.54) is 31.7 Å². The maximum atomic E-state index is 9.60. The van der Waals surface area contributed by atoms with E-state index < -0.39 is 0 Å². The van der Waals surface area contributed by atoms with Crippen molar-refractivity contribution in [3.63, 3.8) is 0 Å². The Morgan fingerprint density at radius 3 is 1.84 bits per heavy atom. The van der Waals surface area contributed by atoms with Crippen LogP contribution in [0.25, 0.3) is 0 Å². The summed E-state index contributed by atoms with van der Waals surface area (Å²) < 4.78 is 0. The Balaban J connectivity index is 2.80. The topological polar surface area (TPSA) is 43.7 Å². The van der Waals surface area contributed by atoms with Gasteiger partial charge in [-0.1, -0.05) is 26.7 Å². The molecule has 0 radical (unpaired) electrons. The predicted molar refractivity (Wildman–Crippen MR) is 79.6 cm³/mol. The van der Waals surface area contributed by atoms with Crippen LogP contribution in [-0.4, -0.2) is 28.2 Å². The van der Waals surface area contributed by atoms with Crippen LogP contribution in [0.2, 0.25) is 0 Å². The monoisotopic (exact) mass is 265 g/mol. The van der Waals surface area contributed by atoms with E-state index in [-0.39, 0.29) is 17.5 Å². The van der Waals surface area contributed by atoms with Crippen LogP contribution < -0.4 is 0 Å². The zero-order valence-corrected chi connectivity index (χ0v) is 12.4. The van der Waals surface area contributed by atoms with Crippen LogP contribution >= 0.6 is 0 Å². The first-order valence-electron chi connectivity index (χ1n) is 7.35. The van der Waals surface area contributed by atoms with Gasteiger partial charge in [-0.05, 0) is 50.6 Å². The second kappa shape index (κ2) is 8.05. The molecule has 3 nitrogen and oxygen atoms in total. The van der Waals surface area contributed by atoms with E-state index in [9.17, 15) is 10.2 Å². The molecule has 1 atom stereocenters. The second-order valence-electron chi connectivity index (χ2n) is 5.20. The van der Waals surface area contributed by atoms with Gasteiger partial charge < -0.3 is 10.2 Å². The predicted octanol–water partition coefficient (Wildman–Crippen LogP) is 4.06. The van der Waals surface area contributed by atoms with Crippen LogP contribution in [0.15, 0.2) is 18.2 Å².